The Kier molecular flexibility index (Phi) is 5.86. The first-order valence-electron chi connectivity index (χ1n) is 9.24. The third-order valence-corrected chi connectivity index (χ3v) is 5.48. The van der Waals surface area contributed by atoms with Crippen molar-refractivity contribution in [3.63, 3.8) is 0 Å². The van der Waals surface area contributed by atoms with Gasteiger partial charge in [-0.15, -0.1) is 0 Å². The Balaban J connectivity index is 1.58. The van der Waals surface area contributed by atoms with Crippen molar-refractivity contribution in [1.82, 2.24) is 4.90 Å². The van der Waals surface area contributed by atoms with Crippen molar-refractivity contribution >= 4 is 34.3 Å². The van der Waals surface area contributed by atoms with E-state index in [0.717, 1.165) is 34.5 Å². The Bertz CT molecular complexity index is 826. The van der Waals surface area contributed by atoms with Crippen molar-refractivity contribution in [3.8, 4) is 0 Å². The summed E-state index contributed by atoms with van der Waals surface area (Å²) in [6.45, 7) is 7.06. The standard InChI is InChI=1S/C21H27NO4S/c1-21(2,3)26-20(23)22-11-9-15(10-12-22)5-6-17-13-16-14-18(27(4)24)7-8-19(16)25-17/h5-8,13-15H,9-12H2,1-4H3. The summed E-state index contributed by atoms with van der Waals surface area (Å²) in [5.41, 5.74) is 0.336. The maximum atomic E-state index is 12.1. The molecule has 0 spiro atoms. The van der Waals surface area contributed by atoms with Crippen LogP contribution in [0.3, 0.4) is 0 Å². The molecular weight excluding hydrogens is 362 g/mol. The number of hydrogen-bond donors (Lipinski definition) is 0. The molecule has 1 atom stereocenters. The molecule has 1 unspecified atom stereocenters. The minimum atomic E-state index is -0.999. The van der Waals surface area contributed by atoms with Crippen LogP contribution in [0.25, 0.3) is 17.0 Å². The molecule has 0 aliphatic carbocycles. The predicted octanol–water partition coefficient (Wildman–Crippen LogP) is 4.83. The third kappa shape index (κ3) is 5.30. The molecule has 3 rings (SSSR count). The molecule has 0 radical (unpaired) electrons. The highest BCUT2D eigenvalue weighted by molar-refractivity contribution is 7.90. The highest BCUT2D eigenvalue weighted by atomic mass is 32.2. The SMILES string of the molecule is C[S+]([O-])c1ccc2oc(C=CC3CCN(C(=O)OC(C)(C)C)CC3)cc2c1. The van der Waals surface area contributed by atoms with Crippen LogP contribution in [0.4, 0.5) is 4.79 Å². The number of piperidine rings is 1. The van der Waals surface area contributed by atoms with Gasteiger partial charge in [-0.3, -0.25) is 0 Å². The Morgan fingerprint density at radius 2 is 2.00 bits per heavy atom. The second-order valence-corrected chi connectivity index (χ2v) is 9.35. The number of hydrogen-bond acceptors (Lipinski definition) is 4. The summed E-state index contributed by atoms with van der Waals surface area (Å²) in [4.78, 5) is 14.7. The second kappa shape index (κ2) is 7.98. The molecule has 146 valence electrons. The van der Waals surface area contributed by atoms with Crippen molar-refractivity contribution in [2.75, 3.05) is 19.3 Å². The second-order valence-electron chi connectivity index (χ2n) is 7.97. The number of furan rings is 1. The van der Waals surface area contributed by atoms with Crippen LogP contribution in [-0.4, -0.2) is 40.5 Å². The molecule has 2 aromatic rings. The van der Waals surface area contributed by atoms with Crippen molar-refractivity contribution in [2.24, 2.45) is 5.92 Å². The van der Waals surface area contributed by atoms with E-state index in [-0.39, 0.29) is 6.09 Å². The summed E-state index contributed by atoms with van der Waals surface area (Å²) in [6.07, 6.45) is 7.42. The van der Waals surface area contributed by atoms with Crippen LogP contribution < -0.4 is 0 Å². The Morgan fingerprint density at radius 3 is 2.63 bits per heavy atom. The molecule has 1 aliphatic heterocycles. The van der Waals surface area contributed by atoms with E-state index in [0.29, 0.717) is 19.0 Å². The fourth-order valence-electron chi connectivity index (χ4n) is 3.13. The van der Waals surface area contributed by atoms with E-state index in [4.69, 9.17) is 9.15 Å². The van der Waals surface area contributed by atoms with Crippen LogP contribution in [0.15, 0.2) is 39.7 Å². The van der Waals surface area contributed by atoms with Crippen molar-refractivity contribution in [2.45, 2.75) is 44.1 Å². The van der Waals surface area contributed by atoms with Gasteiger partial charge in [-0.2, -0.15) is 0 Å². The Labute approximate surface area is 163 Å². The number of ether oxygens (including phenoxy) is 1. The van der Waals surface area contributed by atoms with E-state index >= 15 is 0 Å². The molecular formula is C21H27NO4S. The van der Waals surface area contributed by atoms with Gasteiger partial charge in [0.25, 0.3) is 0 Å². The van der Waals surface area contributed by atoms with Crippen LogP contribution in [0.1, 0.15) is 39.4 Å². The average Bonchev–Trinajstić information content (AvgIpc) is 3.01. The number of nitrogens with zero attached hydrogens (tertiary/aromatic N) is 1. The average molecular weight is 390 g/mol. The summed E-state index contributed by atoms with van der Waals surface area (Å²) >= 11 is -0.999. The zero-order chi connectivity index (χ0) is 19.6. The minimum Gasteiger partial charge on any atom is -0.612 e. The summed E-state index contributed by atoms with van der Waals surface area (Å²) in [5, 5.41) is 0.960. The van der Waals surface area contributed by atoms with Gasteiger partial charge >= 0.3 is 6.09 Å². The van der Waals surface area contributed by atoms with Gasteiger partial charge in [0.15, 0.2) is 4.90 Å². The van der Waals surface area contributed by atoms with Crippen LogP contribution >= 0.6 is 0 Å². The summed E-state index contributed by atoms with van der Waals surface area (Å²) in [5.74, 6) is 1.20. The molecule has 1 fully saturated rings. The van der Waals surface area contributed by atoms with E-state index in [2.05, 4.69) is 6.08 Å². The monoisotopic (exact) mass is 389 g/mol. The van der Waals surface area contributed by atoms with Crippen LogP contribution in [0.5, 0.6) is 0 Å². The lowest BCUT2D eigenvalue weighted by Crippen LogP contribution is -2.41. The number of likely N-dealkylation sites (tertiary alicyclic amines) is 1. The van der Waals surface area contributed by atoms with E-state index in [1.54, 1.807) is 11.2 Å². The molecule has 2 heterocycles. The van der Waals surface area contributed by atoms with Gasteiger partial charge in [-0.1, -0.05) is 6.08 Å². The number of carbonyl (C=O) groups is 1. The van der Waals surface area contributed by atoms with Gasteiger partial charge in [-0.25, -0.2) is 4.79 Å². The van der Waals surface area contributed by atoms with E-state index in [1.807, 2.05) is 51.1 Å². The molecule has 0 saturated carbocycles. The molecule has 1 amide bonds. The van der Waals surface area contributed by atoms with Gasteiger partial charge in [0.05, 0.1) is 0 Å². The number of allylic oxidation sites excluding steroid dienone is 1. The highest BCUT2D eigenvalue weighted by Gasteiger charge is 2.25. The molecule has 1 aliphatic rings. The molecule has 1 aromatic carbocycles. The van der Waals surface area contributed by atoms with E-state index in [1.165, 1.54) is 0 Å². The molecule has 1 saturated heterocycles. The molecule has 5 nitrogen and oxygen atoms in total. The van der Waals surface area contributed by atoms with Crippen molar-refractivity contribution < 1.29 is 18.5 Å². The first kappa shape index (κ1) is 19.8. The number of fused-ring (bicyclic) bond motifs is 1. The van der Waals surface area contributed by atoms with E-state index in [9.17, 15) is 9.35 Å². The van der Waals surface area contributed by atoms with Gasteiger partial charge < -0.3 is 18.6 Å². The lowest BCUT2D eigenvalue weighted by Gasteiger charge is -2.32. The topological polar surface area (TPSA) is 65.7 Å². The molecule has 0 N–H and O–H groups in total. The fraction of sp³-hybridized carbons (Fsp3) is 0.476. The normalized spacial score (nSPS) is 17.6. The van der Waals surface area contributed by atoms with Crippen LogP contribution in [-0.2, 0) is 15.9 Å². The summed E-state index contributed by atoms with van der Waals surface area (Å²) < 4.78 is 22.9. The van der Waals surface area contributed by atoms with Gasteiger partial charge in [0.1, 0.15) is 23.2 Å². The van der Waals surface area contributed by atoms with E-state index < -0.39 is 16.8 Å². The van der Waals surface area contributed by atoms with Gasteiger partial charge in [-0.05, 0) is 75.0 Å². The van der Waals surface area contributed by atoms with Crippen molar-refractivity contribution in [3.05, 3.63) is 36.1 Å². The number of carbonyl (C=O) groups excluding carboxylic acids is 1. The number of rotatable bonds is 3. The maximum Gasteiger partial charge on any atom is 0.410 e. The zero-order valence-electron chi connectivity index (χ0n) is 16.4. The fourth-order valence-corrected chi connectivity index (χ4v) is 3.69. The van der Waals surface area contributed by atoms with Crippen LogP contribution in [0, 0.1) is 5.92 Å². The quantitative estimate of drug-likeness (QED) is 0.705. The smallest absolute Gasteiger partial charge is 0.410 e. The Hall–Kier alpha value is -1.92. The number of benzene rings is 1. The lowest BCUT2D eigenvalue weighted by molar-refractivity contribution is 0.0197. The zero-order valence-corrected chi connectivity index (χ0v) is 17.2. The first-order valence-corrected chi connectivity index (χ1v) is 10.8. The third-order valence-electron chi connectivity index (χ3n) is 4.56. The molecule has 6 heteroatoms. The molecule has 0 bridgehead atoms. The summed E-state index contributed by atoms with van der Waals surface area (Å²) in [7, 11) is 0. The Morgan fingerprint density at radius 1 is 1.30 bits per heavy atom. The lowest BCUT2D eigenvalue weighted by atomic mass is 9.96. The number of amides is 1. The molecule has 1 aromatic heterocycles. The summed E-state index contributed by atoms with van der Waals surface area (Å²) in [6, 6.07) is 7.58. The largest absolute Gasteiger partial charge is 0.612 e. The first-order chi connectivity index (χ1) is 12.7. The van der Waals surface area contributed by atoms with Crippen LogP contribution in [0.2, 0.25) is 0 Å². The predicted molar refractivity (Wildman–Crippen MR) is 108 cm³/mol. The van der Waals surface area contributed by atoms with Gasteiger partial charge in [0, 0.05) is 24.5 Å². The van der Waals surface area contributed by atoms with Gasteiger partial charge in [0.2, 0.25) is 0 Å². The van der Waals surface area contributed by atoms with Crippen molar-refractivity contribution in [1.29, 1.82) is 0 Å². The highest BCUT2D eigenvalue weighted by Crippen LogP contribution is 2.26. The maximum absolute atomic E-state index is 12.1. The molecule has 27 heavy (non-hydrogen) atoms. The minimum absolute atomic E-state index is 0.230.